The molecule has 5 nitrogen and oxygen atoms in total. The van der Waals surface area contributed by atoms with Crippen LogP contribution in [-0.4, -0.2) is 31.4 Å². The summed E-state index contributed by atoms with van der Waals surface area (Å²) in [5.74, 6) is 0.421. The van der Waals surface area contributed by atoms with Crippen LogP contribution in [-0.2, 0) is 15.4 Å². The zero-order valence-corrected chi connectivity index (χ0v) is 12.3. The summed E-state index contributed by atoms with van der Waals surface area (Å²) in [6.07, 6.45) is 3.18. The fourth-order valence-corrected chi connectivity index (χ4v) is 4.30. The van der Waals surface area contributed by atoms with Crippen LogP contribution in [0.4, 0.5) is 0 Å². The highest BCUT2D eigenvalue weighted by Crippen LogP contribution is 2.41. The Morgan fingerprint density at radius 1 is 1.29 bits per heavy atom. The number of pyridine rings is 1. The molecule has 0 radical (unpaired) electrons. The van der Waals surface area contributed by atoms with Gasteiger partial charge in [-0.15, -0.1) is 0 Å². The Kier molecular flexibility index (Phi) is 3.22. The van der Waals surface area contributed by atoms with Gasteiger partial charge in [0.2, 0.25) is 0 Å². The maximum Gasteiger partial charge on any atom is 0.178 e. The summed E-state index contributed by atoms with van der Waals surface area (Å²) in [6.45, 7) is 0. The number of fused-ring (bicyclic) bond motifs is 1. The van der Waals surface area contributed by atoms with Crippen LogP contribution in [0.3, 0.4) is 0 Å². The molecular formula is C15H15NO4S. The summed E-state index contributed by atoms with van der Waals surface area (Å²) in [5.41, 5.74) is -0.445. The van der Waals surface area contributed by atoms with Gasteiger partial charge >= 0.3 is 0 Å². The van der Waals surface area contributed by atoms with Crippen LogP contribution in [0.1, 0.15) is 17.5 Å². The van der Waals surface area contributed by atoms with Gasteiger partial charge < -0.3 is 9.84 Å². The van der Waals surface area contributed by atoms with Crippen LogP contribution in [0.5, 0.6) is 5.75 Å². The predicted octanol–water partition coefficient (Wildman–Crippen LogP) is 1.50. The number of hydrogen-bond acceptors (Lipinski definition) is 5. The third kappa shape index (κ3) is 2.20. The molecule has 0 spiro atoms. The van der Waals surface area contributed by atoms with E-state index in [2.05, 4.69) is 4.98 Å². The number of hydrogen-bond donors (Lipinski definition) is 1. The minimum Gasteiger partial charge on any atom is -0.495 e. The van der Waals surface area contributed by atoms with Crippen molar-refractivity contribution in [2.45, 2.75) is 16.9 Å². The highest BCUT2D eigenvalue weighted by atomic mass is 32.2. The summed E-state index contributed by atoms with van der Waals surface area (Å²) in [6, 6.07) is 8.24. The van der Waals surface area contributed by atoms with E-state index in [0.29, 0.717) is 16.9 Å². The lowest BCUT2D eigenvalue weighted by molar-refractivity contribution is 0.0711. The van der Waals surface area contributed by atoms with E-state index in [0.717, 1.165) is 0 Å². The van der Waals surface area contributed by atoms with Crippen LogP contribution in [0.25, 0.3) is 0 Å². The average molecular weight is 305 g/mol. The van der Waals surface area contributed by atoms with Gasteiger partial charge in [0.25, 0.3) is 0 Å². The van der Waals surface area contributed by atoms with Crippen molar-refractivity contribution in [3.63, 3.8) is 0 Å². The Labute approximate surface area is 123 Å². The lowest BCUT2D eigenvalue weighted by atomic mass is 9.84. The standard InChI is InChI=1S/C15H15NO4S/c1-20-12-8-11(9-16-10-12)15(17)6-7-21(18,19)14-5-3-2-4-13(14)15/h2-5,8-10,17H,6-7H2,1H3. The lowest BCUT2D eigenvalue weighted by Gasteiger charge is -2.34. The number of methoxy groups -OCH3 is 1. The molecule has 2 aromatic rings. The van der Waals surface area contributed by atoms with E-state index in [1.165, 1.54) is 19.4 Å². The zero-order valence-electron chi connectivity index (χ0n) is 11.5. The molecule has 1 unspecified atom stereocenters. The van der Waals surface area contributed by atoms with Gasteiger partial charge in [-0.1, -0.05) is 18.2 Å². The second-order valence-corrected chi connectivity index (χ2v) is 7.12. The molecule has 21 heavy (non-hydrogen) atoms. The number of nitrogens with zero attached hydrogens (tertiary/aromatic N) is 1. The van der Waals surface area contributed by atoms with Gasteiger partial charge in [-0.3, -0.25) is 4.98 Å². The Bertz CT molecular complexity index is 788. The molecule has 1 aliphatic rings. The van der Waals surface area contributed by atoms with Crippen LogP contribution in [0.15, 0.2) is 47.6 Å². The molecule has 1 N–H and O–H groups in total. The summed E-state index contributed by atoms with van der Waals surface area (Å²) in [5, 5.41) is 11.1. The summed E-state index contributed by atoms with van der Waals surface area (Å²) < 4.78 is 29.5. The second kappa shape index (κ2) is 4.82. The van der Waals surface area contributed by atoms with E-state index in [1.54, 1.807) is 30.5 Å². The monoisotopic (exact) mass is 305 g/mol. The Hall–Kier alpha value is -1.92. The molecule has 0 fully saturated rings. The van der Waals surface area contributed by atoms with Crippen LogP contribution in [0, 0.1) is 0 Å². The van der Waals surface area contributed by atoms with Crippen LogP contribution >= 0.6 is 0 Å². The van der Waals surface area contributed by atoms with Crippen molar-refractivity contribution in [2.75, 3.05) is 12.9 Å². The van der Waals surface area contributed by atoms with Crippen molar-refractivity contribution in [3.05, 3.63) is 53.9 Å². The van der Waals surface area contributed by atoms with Crippen molar-refractivity contribution in [1.82, 2.24) is 4.98 Å². The second-order valence-electron chi connectivity index (χ2n) is 5.04. The molecular weight excluding hydrogens is 290 g/mol. The maximum atomic E-state index is 12.2. The predicted molar refractivity (Wildman–Crippen MR) is 76.9 cm³/mol. The number of aromatic nitrogens is 1. The first-order valence-electron chi connectivity index (χ1n) is 6.51. The van der Waals surface area contributed by atoms with Gasteiger partial charge in [-0.05, 0) is 18.6 Å². The van der Waals surface area contributed by atoms with E-state index in [4.69, 9.17) is 4.74 Å². The van der Waals surface area contributed by atoms with Gasteiger partial charge in [0.1, 0.15) is 11.4 Å². The SMILES string of the molecule is COc1cncc(C2(O)CCS(=O)(=O)c3ccccc32)c1. The minimum atomic E-state index is -3.35. The smallest absolute Gasteiger partial charge is 0.178 e. The lowest BCUT2D eigenvalue weighted by Crippen LogP contribution is -2.36. The number of aliphatic hydroxyl groups is 1. The fraction of sp³-hybridized carbons (Fsp3) is 0.267. The van der Waals surface area contributed by atoms with Gasteiger partial charge in [0.15, 0.2) is 9.84 Å². The molecule has 0 saturated heterocycles. The molecule has 0 saturated carbocycles. The first kappa shape index (κ1) is 14.0. The topological polar surface area (TPSA) is 76.5 Å². The van der Waals surface area contributed by atoms with Crippen LogP contribution in [0.2, 0.25) is 0 Å². The molecule has 1 aliphatic heterocycles. The normalized spacial score (nSPS) is 23.3. The molecule has 0 bridgehead atoms. The number of benzene rings is 1. The van der Waals surface area contributed by atoms with Crippen LogP contribution < -0.4 is 4.74 Å². The molecule has 0 aliphatic carbocycles. The molecule has 110 valence electrons. The van der Waals surface area contributed by atoms with Crippen molar-refractivity contribution in [3.8, 4) is 5.75 Å². The Balaban J connectivity index is 2.22. The number of ether oxygens (including phenoxy) is 1. The first-order valence-corrected chi connectivity index (χ1v) is 8.17. The molecule has 0 amide bonds. The molecule has 6 heteroatoms. The number of sulfone groups is 1. The number of rotatable bonds is 2. The molecule has 1 aromatic heterocycles. The third-order valence-electron chi connectivity index (χ3n) is 3.83. The quantitative estimate of drug-likeness (QED) is 0.910. The maximum absolute atomic E-state index is 12.2. The van der Waals surface area contributed by atoms with Crippen molar-refractivity contribution in [1.29, 1.82) is 0 Å². The highest BCUT2D eigenvalue weighted by Gasteiger charge is 2.42. The van der Waals surface area contributed by atoms with Gasteiger partial charge in [0, 0.05) is 17.3 Å². The van der Waals surface area contributed by atoms with E-state index >= 15 is 0 Å². The van der Waals surface area contributed by atoms with Gasteiger partial charge in [0.05, 0.1) is 24.0 Å². The first-order chi connectivity index (χ1) is 9.97. The molecule has 1 atom stereocenters. The highest BCUT2D eigenvalue weighted by molar-refractivity contribution is 7.91. The fourth-order valence-electron chi connectivity index (χ4n) is 2.66. The summed E-state index contributed by atoms with van der Waals surface area (Å²) >= 11 is 0. The summed E-state index contributed by atoms with van der Waals surface area (Å²) in [7, 11) is -1.83. The average Bonchev–Trinajstić information content (AvgIpc) is 2.52. The van der Waals surface area contributed by atoms with Crippen molar-refractivity contribution in [2.24, 2.45) is 0 Å². The molecule has 1 aromatic carbocycles. The van der Waals surface area contributed by atoms with E-state index in [9.17, 15) is 13.5 Å². The van der Waals surface area contributed by atoms with Gasteiger partial charge in [-0.25, -0.2) is 8.42 Å². The largest absolute Gasteiger partial charge is 0.495 e. The van der Waals surface area contributed by atoms with E-state index < -0.39 is 15.4 Å². The van der Waals surface area contributed by atoms with Crippen molar-refractivity contribution >= 4 is 9.84 Å². The summed E-state index contributed by atoms with van der Waals surface area (Å²) in [4.78, 5) is 4.23. The van der Waals surface area contributed by atoms with Crippen molar-refractivity contribution < 1.29 is 18.3 Å². The van der Waals surface area contributed by atoms with E-state index in [-0.39, 0.29) is 17.1 Å². The Morgan fingerprint density at radius 2 is 2.05 bits per heavy atom. The molecule has 2 heterocycles. The van der Waals surface area contributed by atoms with Gasteiger partial charge in [-0.2, -0.15) is 0 Å². The molecule has 3 rings (SSSR count). The third-order valence-corrected chi connectivity index (χ3v) is 5.59. The zero-order chi connectivity index (χ0) is 15.1. The Morgan fingerprint density at radius 3 is 2.81 bits per heavy atom. The van der Waals surface area contributed by atoms with E-state index in [1.807, 2.05) is 0 Å². The minimum absolute atomic E-state index is 0.0984.